The van der Waals surface area contributed by atoms with Crippen molar-refractivity contribution in [1.82, 2.24) is 4.90 Å². The molecular weight excluding hydrogens is 368 g/mol. The average Bonchev–Trinajstić information content (AvgIpc) is 2.68. The molecule has 0 unspecified atom stereocenters. The number of ketones is 1. The fourth-order valence-corrected chi connectivity index (χ4v) is 3.14. The molecule has 0 saturated carbocycles. The number of anilines is 1. The number of piperazine rings is 1. The van der Waals surface area contributed by atoms with Crippen LogP contribution in [0.3, 0.4) is 0 Å². The number of ether oxygens (including phenoxy) is 1. The Balaban J connectivity index is 0.00000261. The Morgan fingerprint density at radius 2 is 1.70 bits per heavy atom. The number of halogens is 1. The van der Waals surface area contributed by atoms with Gasteiger partial charge in [-0.3, -0.25) is 9.69 Å². The first kappa shape index (κ1) is 20.7. The van der Waals surface area contributed by atoms with Crippen LogP contribution in [-0.4, -0.2) is 56.5 Å². The molecule has 0 N–H and O–H groups in total. The molecule has 144 valence electrons. The van der Waals surface area contributed by atoms with Crippen LogP contribution in [0.2, 0.25) is 0 Å². The van der Waals surface area contributed by atoms with Crippen molar-refractivity contribution in [2.75, 3.05) is 44.7 Å². The molecule has 0 amide bonds. The Hall–Kier alpha value is -2.57. The van der Waals surface area contributed by atoms with E-state index in [1.54, 1.807) is 6.07 Å². The second kappa shape index (κ2) is 9.39. The summed E-state index contributed by atoms with van der Waals surface area (Å²) in [6.45, 7) is 3.53. The van der Waals surface area contributed by atoms with E-state index < -0.39 is 5.97 Å². The van der Waals surface area contributed by atoms with Crippen LogP contribution in [0.15, 0.2) is 48.5 Å². The predicted octanol–water partition coefficient (Wildman–Crippen LogP) is 1.49. The predicted molar refractivity (Wildman–Crippen MR) is 104 cm³/mol. The van der Waals surface area contributed by atoms with Crippen LogP contribution in [0.1, 0.15) is 20.7 Å². The van der Waals surface area contributed by atoms with Gasteiger partial charge in [0, 0.05) is 43.0 Å². The highest BCUT2D eigenvalue weighted by atomic mass is 35.5. The number of rotatable bonds is 6. The first-order chi connectivity index (χ1) is 12.6. The van der Waals surface area contributed by atoms with Crippen molar-refractivity contribution in [3.63, 3.8) is 0 Å². The molecule has 0 atom stereocenters. The number of para-hydroxylation sites is 1. The summed E-state index contributed by atoms with van der Waals surface area (Å²) in [5, 5.41) is 11.2. The summed E-state index contributed by atoms with van der Waals surface area (Å²) in [6.07, 6.45) is 0. The van der Waals surface area contributed by atoms with Crippen molar-refractivity contribution in [2.24, 2.45) is 0 Å². The molecule has 0 bridgehead atoms. The fourth-order valence-electron chi connectivity index (χ4n) is 3.14. The van der Waals surface area contributed by atoms with Gasteiger partial charge in [-0.2, -0.15) is 0 Å². The van der Waals surface area contributed by atoms with Gasteiger partial charge in [0.05, 0.1) is 19.6 Å². The molecule has 0 aliphatic carbocycles. The highest BCUT2D eigenvalue weighted by molar-refractivity contribution is 6.00. The molecule has 1 aliphatic rings. The van der Waals surface area contributed by atoms with E-state index in [2.05, 4.69) is 21.9 Å². The lowest BCUT2D eigenvalue weighted by Crippen LogP contribution is -2.48. The van der Waals surface area contributed by atoms with Crippen molar-refractivity contribution in [3.8, 4) is 5.75 Å². The summed E-state index contributed by atoms with van der Waals surface area (Å²) in [5.74, 6) is -1.27. The summed E-state index contributed by atoms with van der Waals surface area (Å²) >= 11 is 0. The van der Waals surface area contributed by atoms with E-state index in [0.29, 0.717) is 5.56 Å². The monoisotopic (exact) mass is 389 g/mol. The number of carbonyl (C=O) groups is 2. The lowest BCUT2D eigenvalue weighted by molar-refractivity contribution is -0.255. The highest BCUT2D eigenvalue weighted by Gasteiger charge is 2.20. The Kier molecular flexibility index (Phi) is 7.21. The minimum atomic E-state index is -1.35. The van der Waals surface area contributed by atoms with Gasteiger partial charge in [-0.1, -0.05) is 18.2 Å². The number of carbonyl (C=O) groups excluding carboxylic acids is 2. The number of nitrogens with zero attached hydrogens (tertiary/aromatic N) is 2. The van der Waals surface area contributed by atoms with Gasteiger partial charge in [-0.15, -0.1) is 12.4 Å². The van der Waals surface area contributed by atoms with Crippen molar-refractivity contribution >= 4 is 29.8 Å². The van der Waals surface area contributed by atoms with E-state index in [1.165, 1.54) is 24.9 Å². The van der Waals surface area contributed by atoms with Crippen LogP contribution in [0.5, 0.6) is 5.75 Å². The smallest absolute Gasteiger partial charge is 0.176 e. The van der Waals surface area contributed by atoms with E-state index in [-0.39, 0.29) is 36.0 Å². The number of aromatic carboxylic acids is 1. The number of hydrogen-bond donors (Lipinski definition) is 0. The summed E-state index contributed by atoms with van der Waals surface area (Å²) in [6, 6.07) is 14.6. The van der Waals surface area contributed by atoms with Gasteiger partial charge in [0.15, 0.2) is 5.78 Å². The van der Waals surface area contributed by atoms with Crippen LogP contribution in [0.4, 0.5) is 5.69 Å². The molecule has 0 spiro atoms. The minimum Gasteiger partial charge on any atom is -0.545 e. The van der Waals surface area contributed by atoms with E-state index >= 15 is 0 Å². The first-order valence-corrected chi connectivity index (χ1v) is 8.53. The molecular formula is C20H22ClN2O4-. The minimum absolute atomic E-state index is 0. The number of methoxy groups -OCH3 is 1. The molecule has 0 radical (unpaired) electrons. The number of hydrogen-bond acceptors (Lipinski definition) is 6. The van der Waals surface area contributed by atoms with Crippen molar-refractivity contribution in [3.05, 3.63) is 59.7 Å². The van der Waals surface area contributed by atoms with Crippen molar-refractivity contribution in [2.45, 2.75) is 0 Å². The molecule has 1 heterocycles. The van der Waals surface area contributed by atoms with E-state index in [0.717, 1.165) is 26.2 Å². The summed E-state index contributed by atoms with van der Waals surface area (Å²) in [5.41, 5.74) is 1.44. The second-order valence-electron chi connectivity index (χ2n) is 6.22. The normalized spacial score (nSPS) is 14.3. The maximum absolute atomic E-state index is 12.5. The zero-order valence-corrected chi connectivity index (χ0v) is 15.9. The zero-order chi connectivity index (χ0) is 18.5. The standard InChI is InChI=1S/C20H22N2O4.ClH/c1-26-19-8-7-15(13-17(19)20(24)25)18(23)14-21-9-11-22(12-10-21)16-5-3-2-4-6-16;/h2-8,13H,9-12,14H2,1H3,(H,24,25);1H/p-1. The van der Waals surface area contributed by atoms with E-state index in [4.69, 9.17) is 4.74 Å². The van der Waals surface area contributed by atoms with Crippen molar-refractivity contribution < 1.29 is 19.4 Å². The van der Waals surface area contributed by atoms with Crippen LogP contribution in [-0.2, 0) is 0 Å². The lowest BCUT2D eigenvalue weighted by Gasteiger charge is -2.35. The lowest BCUT2D eigenvalue weighted by atomic mass is 10.1. The van der Waals surface area contributed by atoms with Gasteiger partial charge < -0.3 is 19.5 Å². The number of carboxylic acids is 1. The molecule has 1 aliphatic heterocycles. The third-order valence-electron chi connectivity index (χ3n) is 4.60. The number of benzene rings is 2. The molecule has 7 heteroatoms. The van der Waals surface area contributed by atoms with Gasteiger partial charge in [-0.05, 0) is 30.3 Å². The zero-order valence-electron chi connectivity index (χ0n) is 15.1. The van der Waals surface area contributed by atoms with Gasteiger partial charge in [-0.25, -0.2) is 0 Å². The molecule has 1 saturated heterocycles. The number of carboxylic acid groups (broad SMARTS) is 1. The number of Topliss-reactive ketones (excluding diaryl/α,β-unsaturated/α-hetero) is 1. The topological polar surface area (TPSA) is 72.9 Å². The molecule has 6 nitrogen and oxygen atoms in total. The Labute approximate surface area is 164 Å². The molecule has 3 rings (SSSR count). The van der Waals surface area contributed by atoms with E-state index in [9.17, 15) is 14.7 Å². The SMILES string of the molecule is COc1ccc(C(=O)CN2CCN(c3ccccc3)CC2)cc1C(=O)[O-].Cl. The quantitative estimate of drug-likeness (QED) is 0.697. The van der Waals surface area contributed by atoms with Crippen LogP contribution in [0.25, 0.3) is 0 Å². The van der Waals surface area contributed by atoms with Crippen LogP contribution in [0, 0.1) is 0 Å². The average molecular weight is 390 g/mol. The summed E-state index contributed by atoms with van der Waals surface area (Å²) in [7, 11) is 1.38. The van der Waals surface area contributed by atoms with Gasteiger partial charge in [0.1, 0.15) is 5.75 Å². The Morgan fingerprint density at radius 3 is 2.30 bits per heavy atom. The maximum Gasteiger partial charge on any atom is 0.176 e. The largest absolute Gasteiger partial charge is 0.545 e. The van der Waals surface area contributed by atoms with Gasteiger partial charge in [0.2, 0.25) is 0 Å². The van der Waals surface area contributed by atoms with Crippen LogP contribution < -0.4 is 14.7 Å². The molecule has 2 aromatic rings. The van der Waals surface area contributed by atoms with Gasteiger partial charge in [0.25, 0.3) is 0 Å². The molecule has 1 fully saturated rings. The van der Waals surface area contributed by atoms with Gasteiger partial charge >= 0.3 is 0 Å². The summed E-state index contributed by atoms with van der Waals surface area (Å²) in [4.78, 5) is 28.1. The maximum atomic E-state index is 12.5. The molecule has 27 heavy (non-hydrogen) atoms. The first-order valence-electron chi connectivity index (χ1n) is 8.53. The Morgan fingerprint density at radius 1 is 1.04 bits per heavy atom. The van der Waals surface area contributed by atoms with E-state index in [1.807, 2.05) is 18.2 Å². The fraction of sp³-hybridized carbons (Fsp3) is 0.300. The summed E-state index contributed by atoms with van der Waals surface area (Å²) < 4.78 is 5.00. The second-order valence-corrected chi connectivity index (χ2v) is 6.22. The van der Waals surface area contributed by atoms with Crippen molar-refractivity contribution in [1.29, 1.82) is 0 Å². The molecule has 0 aromatic heterocycles. The molecule has 2 aromatic carbocycles. The Bertz CT molecular complexity index is 790. The van der Waals surface area contributed by atoms with Crippen LogP contribution >= 0.6 is 12.4 Å². The third-order valence-corrected chi connectivity index (χ3v) is 4.60. The third kappa shape index (κ3) is 4.99. The highest BCUT2D eigenvalue weighted by Crippen LogP contribution is 2.20.